The van der Waals surface area contributed by atoms with E-state index in [0.717, 1.165) is 24.2 Å². The number of carbonyl (C=O) groups is 2. The van der Waals surface area contributed by atoms with Crippen molar-refractivity contribution in [1.82, 2.24) is 10.9 Å². The fraction of sp³-hybridized carbons (Fsp3) is 0.412. The van der Waals surface area contributed by atoms with Gasteiger partial charge in [-0.2, -0.15) is 0 Å². The second-order valence-corrected chi connectivity index (χ2v) is 5.58. The molecule has 3 N–H and O–H groups in total. The van der Waals surface area contributed by atoms with Crippen LogP contribution in [0.3, 0.4) is 0 Å². The Kier molecular flexibility index (Phi) is 6.01. The fourth-order valence-electron chi connectivity index (χ4n) is 2.39. The lowest BCUT2D eigenvalue weighted by atomic mass is 9.94. The Morgan fingerprint density at radius 2 is 1.86 bits per heavy atom. The fourth-order valence-corrected chi connectivity index (χ4v) is 2.39. The van der Waals surface area contributed by atoms with Gasteiger partial charge in [0.05, 0.1) is 0 Å². The first-order chi connectivity index (χ1) is 10.6. The smallest absolute Gasteiger partial charge is 0.238 e. The summed E-state index contributed by atoms with van der Waals surface area (Å²) in [5, 5.41) is 2.76. The van der Waals surface area contributed by atoms with E-state index in [9.17, 15) is 9.59 Å². The Morgan fingerprint density at radius 1 is 1.14 bits per heavy atom. The first kappa shape index (κ1) is 16.1. The number of anilines is 1. The van der Waals surface area contributed by atoms with Crippen LogP contribution in [-0.2, 0) is 9.59 Å². The predicted octanol–water partition coefficient (Wildman–Crippen LogP) is 2.73. The van der Waals surface area contributed by atoms with Crippen molar-refractivity contribution >= 4 is 17.5 Å². The minimum Gasteiger partial charge on any atom is -0.326 e. The third-order valence-electron chi connectivity index (χ3n) is 3.72. The predicted molar refractivity (Wildman–Crippen MR) is 86.7 cm³/mol. The second kappa shape index (κ2) is 8.22. The molecule has 5 heteroatoms. The Balaban J connectivity index is 1.67. The van der Waals surface area contributed by atoms with Crippen LogP contribution in [0, 0.1) is 5.92 Å². The maximum atomic E-state index is 11.8. The van der Waals surface area contributed by atoms with Gasteiger partial charge in [-0.1, -0.05) is 31.2 Å². The second-order valence-electron chi connectivity index (χ2n) is 5.58. The van der Waals surface area contributed by atoms with E-state index in [4.69, 9.17) is 0 Å². The van der Waals surface area contributed by atoms with Crippen LogP contribution >= 0.6 is 0 Å². The van der Waals surface area contributed by atoms with Crippen LogP contribution in [0.4, 0.5) is 5.69 Å². The highest BCUT2D eigenvalue weighted by Gasteiger charge is 2.13. The number of carbonyl (C=O) groups excluding carboxylic acids is 2. The molecule has 5 nitrogen and oxygen atoms in total. The molecule has 0 aliphatic heterocycles. The zero-order valence-electron chi connectivity index (χ0n) is 12.9. The number of hydrogen-bond acceptors (Lipinski definition) is 3. The van der Waals surface area contributed by atoms with Crippen LogP contribution in [0.1, 0.15) is 39.0 Å². The zero-order chi connectivity index (χ0) is 15.8. The molecular weight excluding hydrogens is 278 g/mol. The first-order valence-electron chi connectivity index (χ1n) is 7.75. The van der Waals surface area contributed by atoms with Gasteiger partial charge in [0.15, 0.2) is 0 Å². The minimum atomic E-state index is -0.179. The molecule has 0 saturated heterocycles. The van der Waals surface area contributed by atoms with E-state index in [2.05, 4.69) is 29.2 Å². The molecule has 0 fully saturated rings. The van der Waals surface area contributed by atoms with Crippen molar-refractivity contribution in [2.75, 3.05) is 5.32 Å². The van der Waals surface area contributed by atoms with Crippen LogP contribution in [0.15, 0.2) is 42.1 Å². The van der Waals surface area contributed by atoms with E-state index >= 15 is 0 Å². The molecule has 1 aliphatic carbocycles. The van der Waals surface area contributed by atoms with Gasteiger partial charge in [-0.3, -0.25) is 15.0 Å². The van der Waals surface area contributed by atoms with Gasteiger partial charge in [0, 0.05) is 24.2 Å². The molecule has 2 rings (SSSR count). The third-order valence-corrected chi connectivity index (χ3v) is 3.72. The number of amides is 2. The van der Waals surface area contributed by atoms with E-state index in [0.29, 0.717) is 5.92 Å². The molecule has 1 atom stereocenters. The van der Waals surface area contributed by atoms with Crippen molar-refractivity contribution in [3.8, 4) is 0 Å². The molecule has 0 spiro atoms. The molecule has 0 aromatic heterocycles. The highest BCUT2D eigenvalue weighted by molar-refractivity contribution is 5.93. The summed E-state index contributed by atoms with van der Waals surface area (Å²) in [5.74, 6) is 0.101. The van der Waals surface area contributed by atoms with Gasteiger partial charge in [-0.05, 0) is 37.3 Å². The van der Waals surface area contributed by atoms with Gasteiger partial charge in [0.1, 0.15) is 0 Å². The Hall–Kier alpha value is -2.30. The van der Waals surface area contributed by atoms with Crippen molar-refractivity contribution in [1.29, 1.82) is 0 Å². The van der Waals surface area contributed by atoms with E-state index < -0.39 is 0 Å². The SMILES string of the molecule is C[C@H]1CCCC=C1NNC(=O)CCC(=O)Nc1ccccc1. The Bertz CT molecular complexity index is 540. The molecule has 1 aliphatic rings. The summed E-state index contributed by atoms with van der Waals surface area (Å²) in [7, 11) is 0. The summed E-state index contributed by atoms with van der Waals surface area (Å²) in [6.07, 6.45) is 5.82. The van der Waals surface area contributed by atoms with E-state index in [1.165, 1.54) is 6.42 Å². The van der Waals surface area contributed by atoms with Crippen LogP contribution in [0.2, 0.25) is 0 Å². The van der Waals surface area contributed by atoms with Crippen molar-refractivity contribution in [3.63, 3.8) is 0 Å². The lowest BCUT2D eigenvalue weighted by molar-refractivity contribution is -0.125. The largest absolute Gasteiger partial charge is 0.326 e. The Labute approximate surface area is 131 Å². The molecule has 0 unspecified atom stereocenters. The van der Waals surface area contributed by atoms with Crippen LogP contribution in [-0.4, -0.2) is 11.8 Å². The van der Waals surface area contributed by atoms with Gasteiger partial charge in [0.2, 0.25) is 11.8 Å². The zero-order valence-corrected chi connectivity index (χ0v) is 12.9. The molecule has 22 heavy (non-hydrogen) atoms. The maximum absolute atomic E-state index is 11.8. The number of para-hydroxylation sites is 1. The number of allylic oxidation sites excluding steroid dienone is 2. The van der Waals surface area contributed by atoms with Crippen molar-refractivity contribution in [2.45, 2.75) is 39.0 Å². The van der Waals surface area contributed by atoms with Gasteiger partial charge < -0.3 is 10.7 Å². The first-order valence-corrected chi connectivity index (χ1v) is 7.75. The number of hydrogen-bond donors (Lipinski definition) is 3. The molecule has 0 heterocycles. The number of hydrazine groups is 1. The average molecular weight is 301 g/mol. The van der Waals surface area contributed by atoms with Crippen LogP contribution < -0.4 is 16.2 Å². The number of nitrogens with one attached hydrogen (secondary N) is 3. The quantitative estimate of drug-likeness (QED) is 0.708. The summed E-state index contributed by atoms with van der Waals surface area (Å²) in [6.45, 7) is 2.14. The highest BCUT2D eigenvalue weighted by atomic mass is 16.2. The normalized spacial score (nSPS) is 17.3. The van der Waals surface area contributed by atoms with Crippen LogP contribution in [0.25, 0.3) is 0 Å². The van der Waals surface area contributed by atoms with Gasteiger partial charge >= 0.3 is 0 Å². The molecule has 1 aromatic rings. The standard InChI is InChI=1S/C17H23N3O2/c1-13-7-5-6-10-15(13)19-20-17(22)12-11-16(21)18-14-8-3-2-4-9-14/h2-4,8-10,13,19H,5-7,11-12H2,1H3,(H,18,21)(H,20,22)/t13-/m0/s1. The summed E-state index contributed by atoms with van der Waals surface area (Å²) < 4.78 is 0. The van der Waals surface area contributed by atoms with Crippen molar-refractivity contribution in [2.24, 2.45) is 5.92 Å². The molecule has 1 aromatic carbocycles. The molecule has 0 saturated carbocycles. The van der Waals surface area contributed by atoms with Gasteiger partial charge in [-0.15, -0.1) is 0 Å². The van der Waals surface area contributed by atoms with E-state index in [1.807, 2.05) is 30.3 Å². The average Bonchev–Trinajstić information content (AvgIpc) is 2.53. The van der Waals surface area contributed by atoms with E-state index in [1.54, 1.807) is 0 Å². The molecule has 0 radical (unpaired) electrons. The summed E-state index contributed by atoms with van der Waals surface area (Å²) in [6, 6.07) is 9.22. The highest BCUT2D eigenvalue weighted by Crippen LogP contribution is 2.21. The molecule has 0 bridgehead atoms. The molecule has 2 amide bonds. The van der Waals surface area contributed by atoms with E-state index in [-0.39, 0.29) is 24.7 Å². The molecular formula is C17H23N3O2. The van der Waals surface area contributed by atoms with Gasteiger partial charge in [0.25, 0.3) is 0 Å². The number of benzene rings is 1. The third kappa shape index (κ3) is 5.24. The summed E-state index contributed by atoms with van der Waals surface area (Å²) in [5.41, 5.74) is 7.45. The monoisotopic (exact) mass is 301 g/mol. The minimum absolute atomic E-state index is 0.160. The van der Waals surface area contributed by atoms with Crippen LogP contribution in [0.5, 0.6) is 0 Å². The topological polar surface area (TPSA) is 70.2 Å². The van der Waals surface area contributed by atoms with Crippen molar-refractivity contribution in [3.05, 3.63) is 42.1 Å². The number of rotatable bonds is 6. The van der Waals surface area contributed by atoms with Crippen molar-refractivity contribution < 1.29 is 9.59 Å². The molecule has 118 valence electrons. The summed E-state index contributed by atoms with van der Waals surface area (Å²) >= 11 is 0. The Morgan fingerprint density at radius 3 is 2.59 bits per heavy atom. The lowest BCUT2D eigenvalue weighted by Gasteiger charge is -2.22. The lowest BCUT2D eigenvalue weighted by Crippen LogP contribution is -2.39. The summed E-state index contributed by atoms with van der Waals surface area (Å²) in [4.78, 5) is 23.5. The maximum Gasteiger partial charge on any atom is 0.238 e. The van der Waals surface area contributed by atoms with Gasteiger partial charge in [-0.25, -0.2) is 0 Å².